The molecular formula is C9H16N2. The number of hydrogen-bond acceptors (Lipinski definition) is 2. The van der Waals surface area contributed by atoms with E-state index in [1.807, 2.05) is 27.7 Å². The molecule has 2 nitrogen and oxygen atoms in total. The van der Waals surface area contributed by atoms with Crippen LogP contribution in [0.5, 0.6) is 0 Å². The first kappa shape index (κ1) is 10.0. The number of nitrogens with zero attached hydrogens (tertiary/aromatic N) is 1. The van der Waals surface area contributed by atoms with Crippen LogP contribution >= 0.6 is 0 Å². The zero-order chi connectivity index (χ0) is 9.07. The molecule has 0 saturated carbocycles. The highest BCUT2D eigenvalue weighted by atomic mass is 14.6. The molecule has 2 N–H and O–H groups in total. The van der Waals surface area contributed by atoms with Crippen molar-refractivity contribution in [1.82, 2.24) is 0 Å². The van der Waals surface area contributed by atoms with Crippen LogP contribution in [0.15, 0.2) is 11.3 Å². The van der Waals surface area contributed by atoms with Gasteiger partial charge in [0.1, 0.15) is 0 Å². The second kappa shape index (κ2) is 3.43. The molecule has 0 radical (unpaired) electrons. The Morgan fingerprint density at radius 3 is 2.00 bits per heavy atom. The van der Waals surface area contributed by atoms with E-state index in [4.69, 9.17) is 11.0 Å². The second-order valence-corrected chi connectivity index (χ2v) is 3.61. The van der Waals surface area contributed by atoms with Crippen LogP contribution < -0.4 is 5.73 Å². The Morgan fingerprint density at radius 1 is 1.45 bits per heavy atom. The van der Waals surface area contributed by atoms with E-state index in [9.17, 15) is 0 Å². The topological polar surface area (TPSA) is 49.8 Å². The third-order valence-corrected chi connectivity index (χ3v) is 1.62. The summed E-state index contributed by atoms with van der Waals surface area (Å²) < 4.78 is 0. The van der Waals surface area contributed by atoms with Crippen molar-refractivity contribution < 1.29 is 0 Å². The van der Waals surface area contributed by atoms with Gasteiger partial charge in [-0.2, -0.15) is 5.26 Å². The van der Waals surface area contributed by atoms with Crippen molar-refractivity contribution in [3.63, 3.8) is 0 Å². The molecule has 0 rings (SSSR count). The molecule has 0 aromatic carbocycles. The van der Waals surface area contributed by atoms with Gasteiger partial charge >= 0.3 is 0 Å². The highest BCUT2D eigenvalue weighted by Crippen LogP contribution is 2.24. The maximum atomic E-state index is 8.67. The van der Waals surface area contributed by atoms with Gasteiger partial charge in [-0.1, -0.05) is 27.7 Å². The SMILES string of the molecule is CC/C(C#N)=C(\N)C(C)(C)C. The van der Waals surface area contributed by atoms with Crippen molar-refractivity contribution in [1.29, 1.82) is 5.26 Å². The predicted octanol–water partition coefficient (Wildman–Crippen LogP) is 2.18. The first-order chi connectivity index (χ1) is 4.93. The van der Waals surface area contributed by atoms with Crippen LogP contribution in [0.2, 0.25) is 0 Å². The van der Waals surface area contributed by atoms with E-state index in [1.54, 1.807) is 0 Å². The Morgan fingerprint density at radius 2 is 1.91 bits per heavy atom. The molecule has 2 heteroatoms. The van der Waals surface area contributed by atoms with Gasteiger partial charge in [0.15, 0.2) is 0 Å². The van der Waals surface area contributed by atoms with Crippen molar-refractivity contribution in [3.05, 3.63) is 11.3 Å². The number of hydrogen-bond donors (Lipinski definition) is 1. The minimum atomic E-state index is -0.0823. The first-order valence-electron chi connectivity index (χ1n) is 3.82. The molecule has 0 aliphatic heterocycles. The molecule has 0 aliphatic carbocycles. The number of rotatable bonds is 1. The van der Waals surface area contributed by atoms with E-state index in [-0.39, 0.29) is 5.41 Å². The molecule has 0 spiro atoms. The molecule has 0 aromatic rings. The molecule has 0 aliphatic rings. The molecule has 0 amide bonds. The van der Waals surface area contributed by atoms with Crippen LogP contribution in [-0.2, 0) is 0 Å². The summed E-state index contributed by atoms with van der Waals surface area (Å²) in [5.41, 5.74) is 7.11. The maximum absolute atomic E-state index is 8.67. The summed E-state index contributed by atoms with van der Waals surface area (Å²) in [5.74, 6) is 0. The van der Waals surface area contributed by atoms with E-state index in [2.05, 4.69) is 6.07 Å². The summed E-state index contributed by atoms with van der Waals surface area (Å²) in [4.78, 5) is 0. The number of nitrogens with two attached hydrogens (primary N) is 1. The minimum Gasteiger partial charge on any atom is -0.401 e. The maximum Gasteiger partial charge on any atom is 0.0965 e. The zero-order valence-electron chi connectivity index (χ0n) is 7.73. The third-order valence-electron chi connectivity index (χ3n) is 1.62. The fraction of sp³-hybridized carbons (Fsp3) is 0.667. The molecule has 0 bridgehead atoms. The predicted molar refractivity (Wildman–Crippen MR) is 46.6 cm³/mol. The van der Waals surface area contributed by atoms with Crippen LogP contribution in [0.25, 0.3) is 0 Å². The van der Waals surface area contributed by atoms with Crippen LogP contribution in [-0.4, -0.2) is 0 Å². The lowest BCUT2D eigenvalue weighted by Gasteiger charge is -2.20. The van der Waals surface area contributed by atoms with Gasteiger partial charge in [-0.3, -0.25) is 0 Å². The van der Waals surface area contributed by atoms with E-state index in [0.29, 0.717) is 11.3 Å². The third kappa shape index (κ3) is 2.63. The number of allylic oxidation sites excluding steroid dienone is 2. The van der Waals surface area contributed by atoms with E-state index < -0.39 is 0 Å². The highest BCUT2D eigenvalue weighted by molar-refractivity contribution is 5.28. The van der Waals surface area contributed by atoms with Crippen LogP contribution in [0.4, 0.5) is 0 Å². The van der Waals surface area contributed by atoms with Crippen molar-refractivity contribution in [2.45, 2.75) is 34.1 Å². The van der Waals surface area contributed by atoms with Gasteiger partial charge in [-0.25, -0.2) is 0 Å². The quantitative estimate of drug-likeness (QED) is 0.585. The summed E-state index contributed by atoms with van der Waals surface area (Å²) in [6, 6.07) is 2.11. The molecule has 62 valence electrons. The molecule has 0 fully saturated rings. The lowest BCUT2D eigenvalue weighted by molar-refractivity contribution is 0.492. The first-order valence-corrected chi connectivity index (χ1v) is 3.82. The van der Waals surface area contributed by atoms with Crippen molar-refractivity contribution in [2.24, 2.45) is 11.1 Å². The van der Waals surface area contributed by atoms with Gasteiger partial charge in [0.25, 0.3) is 0 Å². The normalized spacial score (nSPS) is 13.7. The van der Waals surface area contributed by atoms with Gasteiger partial charge in [-0.05, 0) is 6.42 Å². The second-order valence-electron chi connectivity index (χ2n) is 3.61. The summed E-state index contributed by atoms with van der Waals surface area (Å²) in [7, 11) is 0. The Labute approximate surface area is 68.7 Å². The summed E-state index contributed by atoms with van der Waals surface area (Å²) >= 11 is 0. The van der Waals surface area contributed by atoms with Crippen molar-refractivity contribution in [3.8, 4) is 6.07 Å². The van der Waals surface area contributed by atoms with Crippen molar-refractivity contribution >= 4 is 0 Å². The van der Waals surface area contributed by atoms with E-state index >= 15 is 0 Å². The molecule has 0 saturated heterocycles. The summed E-state index contributed by atoms with van der Waals surface area (Å²) in [5, 5.41) is 8.67. The van der Waals surface area contributed by atoms with Gasteiger partial charge in [-0.15, -0.1) is 0 Å². The van der Waals surface area contributed by atoms with Gasteiger partial charge in [0.2, 0.25) is 0 Å². The molecule has 11 heavy (non-hydrogen) atoms. The Bertz CT molecular complexity index is 201. The molecule has 0 heterocycles. The molecule has 0 unspecified atom stereocenters. The fourth-order valence-electron chi connectivity index (χ4n) is 0.782. The largest absolute Gasteiger partial charge is 0.401 e. The van der Waals surface area contributed by atoms with Crippen LogP contribution in [0, 0.1) is 16.7 Å². The lowest BCUT2D eigenvalue weighted by Crippen LogP contribution is -2.19. The van der Waals surface area contributed by atoms with Crippen LogP contribution in [0.1, 0.15) is 34.1 Å². The lowest BCUT2D eigenvalue weighted by atomic mass is 9.89. The van der Waals surface area contributed by atoms with Gasteiger partial charge in [0.05, 0.1) is 6.07 Å². The number of nitriles is 1. The van der Waals surface area contributed by atoms with E-state index in [1.165, 1.54) is 0 Å². The van der Waals surface area contributed by atoms with E-state index in [0.717, 1.165) is 6.42 Å². The minimum absolute atomic E-state index is 0.0823. The fourth-order valence-corrected chi connectivity index (χ4v) is 0.782. The molecule has 0 aromatic heterocycles. The van der Waals surface area contributed by atoms with Gasteiger partial charge in [0, 0.05) is 16.7 Å². The highest BCUT2D eigenvalue weighted by Gasteiger charge is 2.16. The Balaban J connectivity index is 4.81. The Hall–Kier alpha value is -0.970. The monoisotopic (exact) mass is 152 g/mol. The molecular weight excluding hydrogens is 136 g/mol. The standard InChI is InChI=1S/C9H16N2/c1-5-7(6-10)8(11)9(2,3)4/h5,11H2,1-4H3/b8-7+. The summed E-state index contributed by atoms with van der Waals surface area (Å²) in [6.45, 7) is 7.97. The van der Waals surface area contributed by atoms with Crippen molar-refractivity contribution in [2.75, 3.05) is 0 Å². The smallest absolute Gasteiger partial charge is 0.0965 e. The zero-order valence-corrected chi connectivity index (χ0v) is 7.73. The summed E-state index contributed by atoms with van der Waals surface area (Å²) in [6.07, 6.45) is 0.722. The van der Waals surface area contributed by atoms with Gasteiger partial charge < -0.3 is 5.73 Å². The average Bonchev–Trinajstić information content (AvgIpc) is 1.88. The Kier molecular flexibility index (Phi) is 3.13. The van der Waals surface area contributed by atoms with Crippen LogP contribution in [0.3, 0.4) is 0 Å². The average molecular weight is 152 g/mol. The molecule has 0 atom stereocenters.